The fourth-order valence-electron chi connectivity index (χ4n) is 2.89. The first-order chi connectivity index (χ1) is 10.6. The molecule has 0 spiro atoms. The number of hydrogen-bond donors (Lipinski definition) is 2. The Labute approximate surface area is 141 Å². The van der Waals surface area contributed by atoms with Gasteiger partial charge in [0.25, 0.3) is 0 Å². The lowest BCUT2D eigenvalue weighted by Crippen LogP contribution is -2.51. The van der Waals surface area contributed by atoms with Gasteiger partial charge in [-0.2, -0.15) is 5.26 Å². The highest BCUT2D eigenvalue weighted by Gasteiger charge is 2.41. The summed E-state index contributed by atoms with van der Waals surface area (Å²) in [5, 5.41) is 21.3. The summed E-state index contributed by atoms with van der Waals surface area (Å²) in [6.45, 7) is 10.5. The van der Waals surface area contributed by atoms with E-state index >= 15 is 0 Å². The molecular weight excluding hydrogens is 308 g/mol. The van der Waals surface area contributed by atoms with Gasteiger partial charge in [-0.15, -0.1) is 0 Å². The van der Waals surface area contributed by atoms with Crippen LogP contribution in [0.3, 0.4) is 0 Å². The topological polar surface area (TPSA) is 82.3 Å². The average molecular weight is 341 g/mol. The Morgan fingerprint density at radius 1 is 1.35 bits per heavy atom. The molecule has 2 atom stereocenters. The van der Waals surface area contributed by atoms with E-state index < -0.39 is 26.6 Å². The smallest absolute Gasteiger partial charge is 0.405 e. The molecule has 1 fully saturated rings. The van der Waals surface area contributed by atoms with Crippen molar-refractivity contribution in [2.45, 2.75) is 89.6 Å². The molecule has 1 saturated carbocycles. The molecule has 0 aromatic heterocycles. The molecule has 1 aliphatic carbocycles. The van der Waals surface area contributed by atoms with E-state index in [9.17, 15) is 10.1 Å². The number of hydrogen-bond acceptors (Lipinski definition) is 3. The standard InChI is InChI=1S/C17H32N2O3Si/c1-17(2,3)23(4,5)22-15(12-18)14(19-16(20)21)11-13-9-7-6-8-10-13/h13-15,19H,6-11H2,1-5H3,(H,20,21)/t14-,15+/m0/s1. The second-order valence-electron chi connectivity index (χ2n) is 8.22. The monoisotopic (exact) mass is 340 g/mol. The maximum absolute atomic E-state index is 11.2. The van der Waals surface area contributed by atoms with Crippen LogP contribution in [0.25, 0.3) is 0 Å². The Morgan fingerprint density at radius 3 is 2.35 bits per heavy atom. The Balaban J connectivity index is 2.84. The van der Waals surface area contributed by atoms with E-state index in [0.29, 0.717) is 12.3 Å². The predicted molar refractivity (Wildman–Crippen MR) is 93.8 cm³/mol. The quantitative estimate of drug-likeness (QED) is 0.697. The number of carbonyl (C=O) groups is 1. The van der Waals surface area contributed by atoms with Crippen LogP contribution >= 0.6 is 0 Å². The first-order valence-electron chi connectivity index (χ1n) is 8.63. The van der Waals surface area contributed by atoms with E-state index in [1.54, 1.807) is 0 Å². The molecule has 6 heteroatoms. The lowest BCUT2D eigenvalue weighted by Gasteiger charge is -2.40. The van der Waals surface area contributed by atoms with Crippen molar-refractivity contribution in [2.24, 2.45) is 5.92 Å². The zero-order chi connectivity index (χ0) is 17.7. The number of rotatable bonds is 6. The van der Waals surface area contributed by atoms with Gasteiger partial charge in [-0.05, 0) is 30.5 Å². The number of nitrogens with one attached hydrogen (secondary N) is 1. The summed E-state index contributed by atoms with van der Waals surface area (Å²) < 4.78 is 6.21. The van der Waals surface area contributed by atoms with Crippen molar-refractivity contribution in [1.82, 2.24) is 5.32 Å². The summed E-state index contributed by atoms with van der Waals surface area (Å²) >= 11 is 0. The number of nitrogens with zero attached hydrogens (tertiary/aromatic N) is 1. The number of carboxylic acid groups (broad SMARTS) is 1. The predicted octanol–water partition coefficient (Wildman–Crippen LogP) is 4.51. The zero-order valence-corrected chi connectivity index (χ0v) is 16.2. The van der Waals surface area contributed by atoms with E-state index in [-0.39, 0.29) is 5.04 Å². The average Bonchev–Trinajstić information content (AvgIpc) is 2.43. The first kappa shape index (κ1) is 20.0. The van der Waals surface area contributed by atoms with Crippen LogP contribution in [-0.4, -0.2) is 31.7 Å². The summed E-state index contributed by atoms with van der Waals surface area (Å²) in [6.07, 6.45) is 4.80. The van der Waals surface area contributed by atoms with Gasteiger partial charge in [-0.1, -0.05) is 52.9 Å². The molecule has 1 aliphatic rings. The fraction of sp³-hybridized carbons (Fsp3) is 0.882. The van der Waals surface area contributed by atoms with Crippen molar-refractivity contribution < 1.29 is 14.3 Å². The van der Waals surface area contributed by atoms with Gasteiger partial charge in [0.05, 0.1) is 12.1 Å². The minimum atomic E-state index is -2.12. The zero-order valence-electron chi connectivity index (χ0n) is 15.2. The molecule has 5 nitrogen and oxygen atoms in total. The van der Waals surface area contributed by atoms with Gasteiger partial charge in [0.1, 0.15) is 0 Å². The molecule has 1 rings (SSSR count). The van der Waals surface area contributed by atoms with Crippen molar-refractivity contribution in [1.29, 1.82) is 5.26 Å². The van der Waals surface area contributed by atoms with Gasteiger partial charge >= 0.3 is 6.09 Å². The SMILES string of the molecule is CC(C)(C)[Si](C)(C)O[C@H](C#N)[C@H](CC1CCCCC1)NC(=O)O. The van der Waals surface area contributed by atoms with Crippen LogP contribution in [0, 0.1) is 17.2 Å². The molecule has 2 N–H and O–H groups in total. The Bertz CT molecular complexity index is 434. The normalized spacial score (nSPS) is 19.7. The highest BCUT2D eigenvalue weighted by atomic mass is 28.4. The second-order valence-corrected chi connectivity index (χ2v) is 13.0. The largest absolute Gasteiger partial charge is 0.465 e. The Hall–Kier alpha value is -1.06. The molecule has 0 aromatic carbocycles. The van der Waals surface area contributed by atoms with E-state index in [1.807, 2.05) is 0 Å². The second kappa shape index (κ2) is 8.16. The molecule has 0 aliphatic heterocycles. The van der Waals surface area contributed by atoms with Gasteiger partial charge in [0.2, 0.25) is 0 Å². The lowest BCUT2D eigenvalue weighted by atomic mass is 9.84. The highest BCUT2D eigenvalue weighted by molar-refractivity contribution is 6.74. The molecule has 0 unspecified atom stereocenters. The molecule has 0 radical (unpaired) electrons. The molecule has 0 saturated heterocycles. The Kier molecular flexibility index (Phi) is 7.09. The third-order valence-electron chi connectivity index (χ3n) is 5.34. The van der Waals surface area contributed by atoms with Gasteiger partial charge in [-0.25, -0.2) is 4.79 Å². The highest BCUT2D eigenvalue weighted by Crippen LogP contribution is 2.38. The van der Waals surface area contributed by atoms with E-state index in [0.717, 1.165) is 12.8 Å². The maximum atomic E-state index is 11.2. The van der Waals surface area contributed by atoms with Crippen molar-refractivity contribution in [3.05, 3.63) is 0 Å². The summed E-state index contributed by atoms with van der Waals surface area (Å²) in [4.78, 5) is 11.2. The van der Waals surface area contributed by atoms with Crippen LogP contribution in [0.15, 0.2) is 0 Å². The molecule has 0 aromatic rings. The summed E-state index contributed by atoms with van der Waals surface area (Å²) in [5.41, 5.74) is 0. The molecule has 0 bridgehead atoms. The molecule has 23 heavy (non-hydrogen) atoms. The minimum Gasteiger partial charge on any atom is -0.465 e. The first-order valence-corrected chi connectivity index (χ1v) is 11.5. The maximum Gasteiger partial charge on any atom is 0.405 e. The van der Waals surface area contributed by atoms with Crippen LogP contribution < -0.4 is 5.32 Å². The molecule has 0 heterocycles. The van der Waals surface area contributed by atoms with Crippen LogP contribution in [0.5, 0.6) is 0 Å². The molecule has 132 valence electrons. The Morgan fingerprint density at radius 2 is 1.91 bits per heavy atom. The molecule has 1 amide bonds. The van der Waals surface area contributed by atoms with E-state index in [2.05, 4.69) is 45.3 Å². The van der Waals surface area contributed by atoms with Crippen molar-refractivity contribution in [3.8, 4) is 6.07 Å². The fourth-order valence-corrected chi connectivity index (χ4v) is 4.10. The third kappa shape index (κ3) is 6.15. The number of amides is 1. The molecular formula is C17H32N2O3Si. The summed E-state index contributed by atoms with van der Waals surface area (Å²) in [5.74, 6) is 0.486. The lowest BCUT2D eigenvalue weighted by molar-refractivity contribution is 0.142. The van der Waals surface area contributed by atoms with Gasteiger partial charge in [0, 0.05) is 0 Å². The van der Waals surface area contributed by atoms with Crippen molar-refractivity contribution >= 4 is 14.4 Å². The summed E-state index contributed by atoms with van der Waals surface area (Å²) in [6, 6.07) is 1.76. The van der Waals surface area contributed by atoms with E-state index in [4.69, 9.17) is 9.53 Å². The van der Waals surface area contributed by atoms with Crippen LogP contribution in [-0.2, 0) is 4.43 Å². The van der Waals surface area contributed by atoms with Crippen LogP contribution in [0.1, 0.15) is 59.3 Å². The van der Waals surface area contributed by atoms with Gasteiger partial charge in [0.15, 0.2) is 14.4 Å². The van der Waals surface area contributed by atoms with Gasteiger partial charge < -0.3 is 14.8 Å². The van der Waals surface area contributed by atoms with E-state index in [1.165, 1.54) is 19.3 Å². The van der Waals surface area contributed by atoms with Crippen LogP contribution in [0.2, 0.25) is 18.1 Å². The number of nitriles is 1. The third-order valence-corrected chi connectivity index (χ3v) is 9.80. The van der Waals surface area contributed by atoms with Gasteiger partial charge in [-0.3, -0.25) is 0 Å². The van der Waals surface area contributed by atoms with Crippen molar-refractivity contribution in [3.63, 3.8) is 0 Å². The van der Waals surface area contributed by atoms with Crippen molar-refractivity contribution in [2.75, 3.05) is 0 Å². The van der Waals surface area contributed by atoms with Crippen LogP contribution in [0.4, 0.5) is 4.79 Å². The minimum absolute atomic E-state index is 0.0132. The summed E-state index contributed by atoms with van der Waals surface area (Å²) in [7, 11) is -2.12.